The average molecular weight is 178 g/mol. The number of hydrogen-bond donors (Lipinski definition) is 1. The number of hydrogen-bond acceptors (Lipinski definition) is 2. The first-order valence-corrected chi connectivity index (χ1v) is 3.79. The van der Waals surface area contributed by atoms with Gasteiger partial charge in [0.05, 0.1) is 6.54 Å². The maximum absolute atomic E-state index is 13.0. The number of piperidine rings is 1. The maximum atomic E-state index is 13.0. The molecule has 70 valence electrons. The average Bonchev–Trinajstić information content (AvgIpc) is 1.82. The van der Waals surface area contributed by atoms with Gasteiger partial charge in [0.1, 0.15) is 5.92 Å². The van der Waals surface area contributed by atoms with Gasteiger partial charge in [0.15, 0.2) is 0 Å². The number of halogens is 2. The zero-order chi connectivity index (χ0) is 9.35. The fraction of sp³-hybridized carbons (Fsp3) is 0.857. The topological polar surface area (TPSA) is 46.3 Å². The third kappa shape index (κ3) is 1.72. The molecule has 1 fully saturated rings. The van der Waals surface area contributed by atoms with Crippen LogP contribution in [-0.2, 0) is 4.79 Å². The zero-order valence-corrected chi connectivity index (χ0v) is 6.89. The molecule has 1 aliphatic heterocycles. The molecule has 1 saturated heterocycles. The Bertz CT molecular complexity index is 196. The maximum Gasteiger partial charge on any atom is 0.272 e. The minimum Gasteiger partial charge on any atom is -0.369 e. The molecule has 0 aromatic carbocycles. The molecule has 1 aliphatic rings. The summed E-state index contributed by atoms with van der Waals surface area (Å²) < 4.78 is 26.1. The number of nitrogens with zero attached hydrogens (tertiary/aromatic N) is 1. The molecule has 0 spiro atoms. The molecule has 1 rings (SSSR count). The molecule has 3 nitrogen and oxygen atoms in total. The van der Waals surface area contributed by atoms with E-state index in [1.165, 1.54) is 4.90 Å². The summed E-state index contributed by atoms with van der Waals surface area (Å²) in [6.07, 6.45) is 0.152. The molecular formula is C7H12F2N2O. The van der Waals surface area contributed by atoms with Gasteiger partial charge in [-0.05, 0) is 20.0 Å². The third-order valence-corrected chi connectivity index (χ3v) is 2.13. The minimum atomic E-state index is -2.96. The summed E-state index contributed by atoms with van der Waals surface area (Å²) in [6, 6.07) is 0. The van der Waals surface area contributed by atoms with Crippen molar-refractivity contribution in [3.8, 4) is 0 Å². The fourth-order valence-corrected chi connectivity index (χ4v) is 1.46. The highest BCUT2D eigenvalue weighted by Gasteiger charge is 2.46. The number of likely N-dealkylation sites (tertiary alicyclic amines) is 1. The van der Waals surface area contributed by atoms with Crippen molar-refractivity contribution in [1.82, 2.24) is 4.90 Å². The summed E-state index contributed by atoms with van der Waals surface area (Å²) in [4.78, 5) is 12.1. The fourth-order valence-electron chi connectivity index (χ4n) is 1.46. The Balaban J connectivity index is 2.70. The SMILES string of the molecule is CN1CCC(C(N)=O)C(F)(F)C1. The summed E-state index contributed by atoms with van der Waals surface area (Å²) in [5, 5.41) is 0. The number of nitrogens with two attached hydrogens (primary N) is 1. The molecule has 0 aliphatic carbocycles. The van der Waals surface area contributed by atoms with Gasteiger partial charge in [0.25, 0.3) is 5.92 Å². The van der Waals surface area contributed by atoms with Crippen LogP contribution in [0.2, 0.25) is 0 Å². The first-order valence-electron chi connectivity index (χ1n) is 3.79. The van der Waals surface area contributed by atoms with Gasteiger partial charge in [0, 0.05) is 0 Å². The Kier molecular flexibility index (Phi) is 2.32. The standard InChI is InChI=1S/C7H12F2N2O/c1-11-3-2-5(6(10)12)7(8,9)4-11/h5H,2-4H2,1H3,(H2,10,12). The van der Waals surface area contributed by atoms with E-state index in [1.807, 2.05) is 0 Å². The van der Waals surface area contributed by atoms with Crippen LogP contribution in [0.15, 0.2) is 0 Å². The lowest BCUT2D eigenvalue weighted by atomic mass is 9.92. The highest BCUT2D eigenvalue weighted by molar-refractivity contribution is 5.77. The molecule has 0 aromatic heterocycles. The molecule has 1 heterocycles. The normalized spacial score (nSPS) is 30.1. The Hall–Kier alpha value is -0.710. The molecule has 5 heteroatoms. The molecule has 0 radical (unpaired) electrons. The molecular weight excluding hydrogens is 166 g/mol. The Morgan fingerprint density at radius 3 is 2.67 bits per heavy atom. The predicted molar refractivity (Wildman–Crippen MR) is 39.7 cm³/mol. The van der Waals surface area contributed by atoms with E-state index in [0.717, 1.165) is 0 Å². The molecule has 1 amide bonds. The summed E-state index contributed by atoms with van der Waals surface area (Å²) >= 11 is 0. The second-order valence-electron chi connectivity index (χ2n) is 3.24. The van der Waals surface area contributed by atoms with Gasteiger partial charge in [-0.1, -0.05) is 0 Å². The largest absolute Gasteiger partial charge is 0.369 e. The van der Waals surface area contributed by atoms with Gasteiger partial charge in [-0.25, -0.2) is 8.78 Å². The number of rotatable bonds is 1. The van der Waals surface area contributed by atoms with Crippen molar-refractivity contribution in [2.24, 2.45) is 11.7 Å². The number of carbonyl (C=O) groups is 1. The van der Waals surface area contributed by atoms with E-state index in [-0.39, 0.29) is 13.0 Å². The number of carbonyl (C=O) groups excluding carboxylic acids is 1. The van der Waals surface area contributed by atoms with Crippen LogP contribution in [-0.4, -0.2) is 36.9 Å². The van der Waals surface area contributed by atoms with E-state index in [2.05, 4.69) is 0 Å². The molecule has 0 aromatic rings. The quantitative estimate of drug-likeness (QED) is 0.617. The molecule has 0 saturated carbocycles. The lowest BCUT2D eigenvalue weighted by molar-refractivity contribution is -0.146. The molecule has 0 bridgehead atoms. The van der Waals surface area contributed by atoms with Crippen LogP contribution >= 0.6 is 0 Å². The lowest BCUT2D eigenvalue weighted by Gasteiger charge is -2.34. The third-order valence-electron chi connectivity index (χ3n) is 2.13. The van der Waals surface area contributed by atoms with Crippen molar-refractivity contribution >= 4 is 5.91 Å². The predicted octanol–water partition coefficient (Wildman–Crippen LogP) is 0.0587. The van der Waals surface area contributed by atoms with Crippen molar-refractivity contribution in [2.75, 3.05) is 20.1 Å². The second-order valence-corrected chi connectivity index (χ2v) is 3.24. The van der Waals surface area contributed by atoms with Crippen molar-refractivity contribution in [3.05, 3.63) is 0 Å². The van der Waals surface area contributed by atoms with Gasteiger partial charge in [-0.15, -0.1) is 0 Å². The van der Waals surface area contributed by atoms with Crippen molar-refractivity contribution in [2.45, 2.75) is 12.3 Å². The van der Waals surface area contributed by atoms with Gasteiger partial charge in [0.2, 0.25) is 5.91 Å². The minimum absolute atomic E-state index is 0.152. The van der Waals surface area contributed by atoms with Crippen molar-refractivity contribution < 1.29 is 13.6 Å². The summed E-state index contributed by atoms with van der Waals surface area (Å²) in [7, 11) is 1.60. The highest BCUT2D eigenvalue weighted by Crippen LogP contribution is 2.31. The first kappa shape index (κ1) is 9.38. The molecule has 1 unspecified atom stereocenters. The van der Waals surface area contributed by atoms with E-state index in [9.17, 15) is 13.6 Å². The van der Waals surface area contributed by atoms with Crippen LogP contribution in [0.4, 0.5) is 8.78 Å². The van der Waals surface area contributed by atoms with Gasteiger partial charge < -0.3 is 10.6 Å². The van der Waals surface area contributed by atoms with E-state index < -0.39 is 17.7 Å². The summed E-state index contributed by atoms with van der Waals surface area (Å²) in [5.41, 5.74) is 4.85. The number of amides is 1. The van der Waals surface area contributed by atoms with Gasteiger partial charge in [-0.2, -0.15) is 0 Å². The van der Waals surface area contributed by atoms with E-state index in [4.69, 9.17) is 5.73 Å². The van der Waals surface area contributed by atoms with E-state index in [0.29, 0.717) is 6.54 Å². The number of primary amides is 1. The highest BCUT2D eigenvalue weighted by atomic mass is 19.3. The zero-order valence-electron chi connectivity index (χ0n) is 6.89. The van der Waals surface area contributed by atoms with Gasteiger partial charge >= 0.3 is 0 Å². The summed E-state index contributed by atoms with van der Waals surface area (Å²) in [5.74, 6) is -5.14. The smallest absolute Gasteiger partial charge is 0.272 e. The van der Waals surface area contributed by atoms with Crippen LogP contribution < -0.4 is 5.73 Å². The van der Waals surface area contributed by atoms with E-state index >= 15 is 0 Å². The van der Waals surface area contributed by atoms with Crippen LogP contribution in [0, 0.1) is 5.92 Å². The monoisotopic (exact) mass is 178 g/mol. The van der Waals surface area contributed by atoms with E-state index in [1.54, 1.807) is 7.05 Å². The molecule has 1 atom stereocenters. The van der Waals surface area contributed by atoms with Crippen molar-refractivity contribution in [3.63, 3.8) is 0 Å². The first-order chi connectivity index (χ1) is 5.43. The Morgan fingerprint density at radius 1 is 1.67 bits per heavy atom. The number of alkyl halides is 2. The van der Waals surface area contributed by atoms with Crippen LogP contribution in [0.3, 0.4) is 0 Å². The molecule has 2 N–H and O–H groups in total. The summed E-state index contributed by atoms with van der Waals surface area (Å²) in [6.45, 7) is 0.129. The van der Waals surface area contributed by atoms with Crippen LogP contribution in [0.25, 0.3) is 0 Å². The van der Waals surface area contributed by atoms with Gasteiger partial charge in [-0.3, -0.25) is 4.79 Å². The van der Waals surface area contributed by atoms with Crippen LogP contribution in [0.5, 0.6) is 0 Å². The van der Waals surface area contributed by atoms with Crippen molar-refractivity contribution in [1.29, 1.82) is 0 Å². The Labute approximate surface area is 69.5 Å². The second kappa shape index (κ2) is 2.97. The Morgan fingerprint density at radius 2 is 2.25 bits per heavy atom. The van der Waals surface area contributed by atoms with Crippen LogP contribution in [0.1, 0.15) is 6.42 Å². The lowest BCUT2D eigenvalue weighted by Crippen LogP contribution is -2.51. The molecule has 12 heavy (non-hydrogen) atoms.